The van der Waals surface area contributed by atoms with Crippen LogP contribution in [0.4, 0.5) is 0 Å². The van der Waals surface area contributed by atoms with Crippen molar-refractivity contribution in [3.05, 3.63) is 0 Å². The molecule has 2 heterocycles. The van der Waals surface area contributed by atoms with Gasteiger partial charge in [0.25, 0.3) is 0 Å². The number of likely N-dealkylation sites (tertiary alicyclic amines) is 2. The van der Waals surface area contributed by atoms with Gasteiger partial charge >= 0.3 is 0 Å². The standard InChI is InChI=1S/C10H19N3O/c1-12-6-8-5-9(12)10(14)13(7-8)4-2-3-11/h8-9H,2-7,11H2,1H3/t8-,9-/m0/s1. The van der Waals surface area contributed by atoms with Gasteiger partial charge in [0.1, 0.15) is 0 Å². The monoisotopic (exact) mass is 197 g/mol. The average molecular weight is 197 g/mol. The second-order valence-electron chi connectivity index (χ2n) is 4.48. The van der Waals surface area contributed by atoms with Gasteiger partial charge < -0.3 is 10.6 Å². The van der Waals surface area contributed by atoms with Gasteiger partial charge in [0.05, 0.1) is 6.04 Å². The van der Waals surface area contributed by atoms with Gasteiger partial charge in [-0.1, -0.05) is 0 Å². The third-order valence-corrected chi connectivity index (χ3v) is 3.34. The molecule has 0 aliphatic carbocycles. The largest absolute Gasteiger partial charge is 0.341 e. The molecule has 2 bridgehead atoms. The lowest BCUT2D eigenvalue weighted by molar-refractivity contribution is -0.137. The van der Waals surface area contributed by atoms with Gasteiger partial charge in [-0.15, -0.1) is 0 Å². The van der Waals surface area contributed by atoms with Crippen LogP contribution >= 0.6 is 0 Å². The summed E-state index contributed by atoms with van der Waals surface area (Å²) < 4.78 is 0. The van der Waals surface area contributed by atoms with Gasteiger partial charge in [-0.25, -0.2) is 0 Å². The lowest BCUT2D eigenvalue weighted by Gasteiger charge is -2.31. The number of likely N-dealkylation sites (N-methyl/N-ethyl adjacent to an activating group) is 1. The topological polar surface area (TPSA) is 49.6 Å². The van der Waals surface area contributed by atoms with Crippen molar-refractivity contribution in [2.45, 2.75) is 18.9 Å². The highest BCUT2D eigenvalue weighted by Gasteiger charge is 2.42. The van der Waals surface area contributed by atoms with Crippen LogP contribution in [0.3, 0.4) is 0 Å². The van der Waals surface area contributed by atoms with Crippen molar-refractivity contribution in [1.82, 2.24) is 9.80 Å². The molecule has 2 aliphatic rings. The van der Waals surface area contributed by atoms with E-state index >= 15 is 0 Å². The highest BCUT2D eigenvalue weighted by molar-refractivity contribution is 5.83. The smallest absolute Gasteiger partial charge is 0.239 e. The van der Waals surface area contributed by atoms with Crippen molar-refractivity contribution >= 4 is 5.91 Å². The first-order valence-corrected chi connectivity index (χ1v) is 5.41. The fourth-order valence-corrected chi connectivity index (χ4v) is 2.62. The van der Waals surface area contributed by atoms with E-state index in [-0.39, 0.29) is 6.04 Å². The summed E-state index contributed by atoms with van der Waals surface area (Å²) >= 11 is 0. The van der Waals surface area contributed by atoms with Crippen LogP contribution in [0.2, 0.25) is 0 Å². The molecule has 0 unspecified atom stereocenters. The van der Waals surface area contributed by atoms with Gasteiger partial charge in [-0.3, -0.25) is 9.69 Å². The Morgan fingerprint density at radius 1 is 1.50 bits per heavy atom. The van der Waals surface area contributed by atoms with Gasteiger partial charge in [0.2, 0.25) is 5.91 Å². The molecule has 80 valence electrons. The number of carbonyl (C=O) groups is 1. The number of rotatable bonds is 3. The van der Waals surface area contributed by atoms with Gasteiger partial charge in [0.15, 0.2) is 0 Å². The Morgan fingerprint density at radius 2 is 2.29 bits per heavy atom. The molecule has 0 aromatic carbocycles. The summed E-state index contributed by atoms with van der Waals surface area (Å²) in [5.74, 6) is 1.01. The van der Waals surface area contributed by atoms with Crippen LogP contribution in [0.1, 0.15) is 12.8 Å². The van der Waals surface area contributed by atoms with Gasteiger partial charge in [0, 0.05) is 19.6 Å². The van der Waals surface area contributed by atoms with Crippen LogP contribution in [0.15, 0.2) is 0 Å². The van der Waals surface area contributed by atoms with Crippen LogP contribution in [0, 0.1) is 5.92 Å². The number of hydrogen-bond acceptors (Lipinski definition) is 3. The van der Waals surface area contributed by atoms with Gasteiger partial charge in [-0.05, 0) is 32.4 Å². The SMILES string of the molecule is CN1C[C@@H]2C[C@H]1C(=O)N(CCCN)C2. The predicted molar refractivity (Wildman–Crippen MR) is 54.8 cm³/mol. The maximum absolute atomic E-state index is 11.9. The number of carbonyl (C=O) groups excluding carboxylic acids is 1. The number of amides is 1. The first kappa shape index (κ1) is 9.93. The van der Waals surface area contributed by atoms with Crippen molar-refractivity contribution in [3.63, 3.8) is 0 Å². The lowest BCUT2D eigenvalue weighted by Crippen LogP contribution is -2.47. The molecule has 2 aliphatic heterocycles. The Bertz CT molecular complexity index is 231. The molecule has 0 aromatic rings. The summed E-state index contributed by atoms with van der Waals surface area (Å²) in [7, 11) is 2.05. The molecule has 2 atom stereocenters. The van der Waals surface area contributed by atoms with E-state index in [1.54, 1.807) is 0 Å². The molecule has 2 N–H and O–H groups in total. The molecule has 2 fully saturated rings. The highest BCUT2D eigenvalue weighted by atomic mass is 16.2. The molecule has 14 heavy (non-hydrogen) atoms. The summed E-state index contributed by atoms with van der Waals surface area (Å²) in [6.45, 7) is 3.54. The highest BCUT2D eigenvalue weighted by Crippen LogP contribution is 2.29. The van der Waals surface area contributed by atoms with E-state index in [9.17, 15) is 4.79 Å². The van der Waals surface area contributed by atoms with E-state index in [0.29, 0.717) is 18.4 Å². The lowest BCUT2D eigenvalue weighted by atomic mass is 9.99. The third-order valence-electron chi connectivity index (χ3n) is 3.34. The quantitative estimate of drug-likeness (QED) is 0.663. The van der Waals surface area contributed by atoms with Gasteiger partial charge in [-0.2, -0.15) is 0 Å². The Kier molecular flexibility index (Phi) is 2.74. The van der Waals surface area contributed by atoms with Crippen LogP contribution < -0.4 is 5.73 Å². The van der Waals surface area contributed by atoms with Crippen molar-refractivity contribution in [3.8, 4) is 0 Å². The van der Waals surface area contributed by atoms with Crippen LogP contribution in [0.5, 0.6) is 0 Å². The predicted octanol–water partition coefficient (Wildman–Crippen LogP) is -0.502. The number of hydrogen-bond donors (Lipinski definition) is 1. The number of nitrogens with two attached hydrogens (primary N) is 1. The minimum absolute atomic E-state index is 0.159. The Labute approximate surface area is 85.0 Å². The summed E-state index contributed by atoms with van der Waals surface area (Å²) in [6.07, 6.45) is 1.99. The molecular weight excluding hydrogens is 178 g/mol. The second kappa shape index (κ2) is 3.87. The molecule has 4 heteroatoms. The zero-order valence-corrected chi connectivity index (χ0v) is 8.78. The second-order valence-corrected chi connectivity index (χ2v) is 4.48. The first-order valence-electron chi connectivity index (χ1n) is 5.41. The molecule has 1 amide bonds. The maximum atomic E-state index is 11.9. The van der Waals surface area contributed by atoms with E-state index in [0.717, 1.165) is 32.5 Å². The summed E-state index contributed by atoms with van der Waals surface area (Å²) in [6, 6.07) is 0.159. The van der Waals surface area contributed by atoms with E-state index in [2.05, 4.69) is 11.9 Å². The Balaban J connectivity index is 1.98. The third kappa shape index (κ3) is 1.64. The van der Waals surface area contributed by atoms with Crippen LogP contribution in [-0.4, -0.2) is 55.0 Å². The molecule has 0 spiro atoms. The number of nitrogens with zero attached hydrogens (tertiary/aromatic N) is 2. The van der Waals surface area contributed by atoms with Crippen molar-refractivity contribution < 1.29 is 4.79 Å². The minimum atomic E-state index is 0.159. The average Bonchev–Trinajstić information content (AvgIpc) is 2.48. The Morgan fingerprint density at radius 3 is 3.00 bits per heavy atom. The Hall–Kier alpha value is -0.610. The van der Waals surface area contributed by atoms with Crippen molar-refractivity contribution in [2.75, 3.05) is 33.2 Å². The zero-order chi connectivity index (χ0) is 10.1. The van der Waals surface area contributed by atoms with E-state index < -0.39 is 0 Å². The number of fused-ring (bicyclic) bond motifs is 2. The number of piperidine rings is 1. The minimum Gasteiger partial charge on any atom is -0.341 e. The summed E-state index contributed by atoms with van der Waals surface area (Å²) in [4.78, 5) is 16.1. The molecule has 2 rings (SSSR count). The molecular formula is C10H19N3O. The summed E-state index contributed by atoms with van der Waals surface area (Å²) in [5.41, 5.74) is 5.45. The first-order chi connectivity index (χ1) is 6.72. The fraction of sp³-hybridized carbons (Fsp3) is 0.900. The maximum Gasteiger partial charge on any atom is 0.239 e. The zero-order valence-electron chi connectivity index (χ0n) is 8.78. The molecule has 0 saturated carbocycles. The fourth-order valence-electron chi connectivity index (χ4n) is 2.62. The van der Waals surface area contributed by atoms with Crippen LogP contribution in [0.25, 0.3) is 0 Å². The van der Waals surface area contributed by atoms with E-state index in [1.165, 1.54) is 0 Å². The van der Waals surface area contributed by atoms with Crippen molar-refractivity contribution in [2.24, 2.45) is 11.7 Å². The molecule has 0 aromatic heterocycles. The van der Waals surface area contributed by atoms with Crippen molar-refractivity contribution in [1.29, 1.82) is 0 Å². The summed E-state index contributed by atoms with van der Waals surface area (Å²) in [5, 5.41) is 0. The van der Waals surface area contributed by atoms with Crippen LogP contribution in [-0.2, 0) is 4.79 Å². The van der Waals surface area contributed by atoms with E-state index in [4.69, 9.17) is 5.73 Å². The molecule has 2 saturated heterocycles. The molecule has 4 nitrogen and oxygen atoms in total. The molecule has 0 radical (unpaired) electrons. The normalized spacial score (nSPS) is 32.7. The van der Waals surface area contributed by atoms with E-state index in [1.807, 2.05) is 4.90 Å².